The number of morpholine rings is 1. The SMILES string of the molecule is Cc1ccc(Cn2nc(C)c3cc(C(=O)N4CCN(CC(=O)N5CCOCC5)CC4)sc32)cc1. The van der Waals surface area contributed by atoms with Crippen molar-refractivity contribution in [2.75, 3.05) is 59.0 Å². The lowest BCUT2D eigenvalue weighted by Gasteiger charge is -2.35. The Morgan fingerprint density at radius 1 is 0.971 bits per heavy atom. The number of thiophene rings is 1. The maximum atomic E-state index is 13.3. The second-order valence-corrected chi connectivity index (χ2v) is 10.2. The van der Waals surface area contributed by atoms with E-state index in [-0.39, 0.29) is 11.8 Å². The number of piperazine rings is 1. The predicted molar refractivity (Wildman–Crippen MR) is 132 cm³/mol. The third kappa shape index (κ3) is 4.87. The van der Waals surface area contributed by atoms with Crippen molar-refractivity contribution >= 4 is 33.4 Å². The highest BCUT2D eigenvalue weighted by Crippen LogP contribution is 2.30. The summed E-state index contributed by atoms with van der Waals surface area (Å²) >= 11 is 1.52. The van der Waals surface area contributed by atoms with Gasteiger partial charge >= 0.3 is 0 Å². The van der Waals surface area contributed by atoms with Crippen LogP contribution in [0.15, 0.2) is 30.3 Å². The largest absolute Gasteiger partial charge is 0.378 e. The fourth-order valence-electron chi connectivity index (χ4n) is 4.56. The smallest absolute Gasteiger partial charge is 0.264 e. The van der Waals surface area contributed by atoms with E-state index in [0.717, 1.165) is 20.8 Å². The standard InChI is InChI=1S/C25H31N5O3S/c1-18-3-5-20(6-4-18)16-30-25-21(19(2)26-30)15-22(34-25)24(32)29-9-7-27(8-10-29)17-23(31)28-11-13-33-14-12-28/h3-6,15H,7-14,16-17H2,1-2H3. The second kappa shape index (κ2) is 9.85. The monoisotopic (exact) mass is 481 g/mol. The summed E-state index contributed by atoms with van der Waals surface area (Å²) < 4.78 is 7.34. The molecule has 0 N–H and O–H groups in total. The van der Waals surface area contributed by atoms with Gasteiger partial charge in [0.2, 0.25) is 5.91 Å². The Bertz CT molecular complexity index is 1170. The highest BCUT2D eigenvalue weighted by molar-refractivity contribution is 7.20. The van der Waals surface area contributed by atoms with Gasteiger partial charge in [0, 0.05) is 44.7 Å². The highest BCUT2D eigenvalue weighted by atomic mass is 32.1. The summed E-state index contributed by atoms with van der Waals surface area (Å²) in [4.78, 5) is 33.5. The summed E-state index contributed by atoms with van der Waals surface area (Å²) in [6.07, 6.45) is 0. The zero-order chi connectivity index (χ0) is 23.7. The van der Waals surface area contributed by atoms with Crippen LogP contribution in [-0.2, 0) is 16.1 Å². The van der Waals surface area contributed by atoms with Gasteiger partial charge in [-0.25, -0.2) is 0 Å². The maximum Gasteiger partial charge on any atom is 0.264 e. The zero-order valence-electron chi connectivity index (χ0n) is 19.8. The molecule has 1 aromatic carbocycles. The number of benzene rings is 1. The van der Waals surface area contributed by atoms with Crippen LogP contribution >= 0.6 is 11.3 Å². The van der Waals surface area contributed by atoms with E-state index in [9.17, 15) is 9.59 Å². The Morgan fingerprint density at radius 2 is 1.68 bits per heavy atom. The number of hydrogen-bond donors (Lipinski definition) is 0. The van der Waals surface area contributed by atoms with Crippen LogP contribution in [0.4, 0.5) is 0 Å². The highest BCUT2D eigenvalue weighted by Gasteiger charge is 2.27. The normalized spacial score (nSPS) is 17.5. The van der Waals surface area contributed by atoms with Crippen molar-refractivity contribution in [3.63, 3.8) is 0 Å². The molecule has 9 heteroatoms. The molecule has 2 aliphatic heterocycles. The molecule has 2 fully saturated rings. The molecule has 3 aromatic rings. The van der Waals surface area contributed by atoms with Crippen molar-refractivity contribution in [3.05, 3.63) is 52.0 Å². The molecule has 0 aliphatic carbocycles. The van der Waals surface area contributed by atoms with Gasteiger partial charge in [-0.1, -0.05) is 29.8 Å². The molecule has 0 spiro atoms. The van der Waals surface area contributed by atoms with Crippen molar-refractivity contribution in [2.24, 2.45) is 0 Å². The molecule has 0 saturated carbocycles. The maximum absolute atomic E-state index is 13.3. The number of amides is 2. The van der Waals surface area contributed by atoms with Crippen LogP contribution in [0.2, 0.25) is 0 Å². The number of nitrogens with zero attached hydrogens (tertiary/aromatic N) is 5. The first-order valence-corrected chi connectivity index (χ1v) is 12.7. The van der Waals surface area contributed by atoms with Crippen LogP contribution in [0.25, 0.3) is 10.2 Å². The molecule has 2 aliphatic rings. The molecule has 2 aromatic heterocycles. The fraction of sp³-hybridized carbons (Fsp3) is 0.480. The van der Waals surface area contributed by atoms with Crippen LogP contribution in [0.5, 0.6) is 0 Å². The van der Waals surface area contributed by atoms with Gasteiger partial charge in [-0.3, -0.25) is 19.2 Å². The number of fused-ring (bicyclic) bond motifs is 1. The van der Waals surface area contributed by atoms with E-state index in [1.165, 1.54) is 22.5 Å². The van der Waals surface area contributed by atoms with Crippen molar-refractivity contribution in [2.45, 2.75) is 20.4 Å². The summed E-state index contributed by atoms with van der Waals surface area (Å²) in [5.74, 6) is 0.225. The first-order chi connectivity index (χ1) is 16.5. The molecular weight excluding hydrogens is 450 g/mol. The third-order valence-electron chi connectivity index (χ3n) is 6.65. The number of ether oxygens (including phenoxy) is 1. The van der Waals surface area contributed by atoms with E-state index in [1.54, 1.807) is 0 Å². The molecule has 34 heavy (non-hydrogen) atoms. The quantitative estimate of drug-likeness (QED) is 0.560. The van der Waals surface area contributed by atoms with Crippen LogP contribution in [0.1, 0.15) is 26.5 Å². The molecule has 8 nitrogen and oxygen atoms in total. The number of aromatic nitrogens is 2. The second-order valence-electron chi connectivity index (χ2n) is 9.12. The number of carbonyl (C=O) groups is 2. The van der Waals surface area contributed by atoms with E-state index in [2.05, 4.69) is 36.1 Å². The van der Waals surface area contributed by atoms with E-state index in [1.807, 2.05) is 27.5 Å². The number of aryl methyl sites for hydroxylation is 2. The average molecular weight is 482 g/mol. The molecule has 0 bridgehead atoms. The lowest BCUT2D eigenvalue weighted by molar-refractivity contribution is -0.136. The van der Waals surface area contributed by atoms with Gasteiger partial charge in [0.1, 0.15) is 4.83 Å². The van der Waals surface area contributed by atoms with Crippen molar-refractivity contribution in [1.29, 1.82) is 0 Å². The molecule has 0 unspecified atom stereocenters. The Kier molecular flexibility index (Phi) is 6.67. The Balaban J connectivity index is 1.22. The number of rotatable bonds is 5. The minimum Gasteiger partial charge on any atom is -0.378 e. The summed E-state index contributed by atoms with van der Waals surface area (Å²) in [6.45, 7) is 10.5. The van der Waals surface area contributed by atoms with E-state index < -0.39 is 0 Å². The summed E-state index contributed by atoms with van der Waals surface area (Å²) in [7, 11) is 0. The lowest BCUT2D eigenvalue weighted by Crippen LogP contribution is -2.52. The van der Waals surface area contributed by atoms with Gasteiger partial charge in [0.25, 0.3) is 5.91 Å². The van der Waals surface area contributed by atoms with Crippen LogP contribution < -0.4 is 0 Å². The van der Waals surface area contributed by atoms with Gasteiger partial charge in [-0.15, -0.1) is 11.3 Å². The molecule has 0 radical (unpaired) electrons. The van der Waals surface area contributed by atoms with Crippen LogP contribution in [0, 0.1) is 13.8 Å². The van der Waals surface area contributed by atoms with E-state index in [0.29, 0.717) is 65.6 Å². The molecule has 0 atom stereocenters. The first-order valence-electron chi connectivity index (χ1n) is 11.9. The van der Waals surface area contributed by atoms with E-state index >= 15 is 0 Å². The summed E-state index contributed by atoms with van der Waals surface area (Å²) in [6, 6.07) is 10.5. The molecule has 2 amide bonds. The minimum absolute atomic E-state index is 0.0710. The first kappa shape index (κ1) is 23.0. The minimum atomic E-state index is 0.0710. The lowest BCUT2D eigenvalue weighted by atomic mass is 10.1. The Morgan fingerprint density at radius 3 is 2.38 bits per heavy atom. The molecular formula is C25H31N5O3S. The van der Waals surface area contributed by atoms with Crippen molar-refractivity contribution in [3.8, 4) is 0 Å². The summed E-state index contributed by atoms with van der Waals surface area (Å²) in [5.41, 5.74) is 3.38. The fourth-order valence-corrected chi connectivity index (χ4v) is 5.69. The molecule has 4 heterocycles. The third-order valence-corrected chi connectivity index (χ3v) is 7.79. The van der Waals surface area contributed by atoms with Gasteiger partial charge in [-0.2, -0.15) is 5.10 Å². The Labute approximate surface area is 203 Å². The number of carbonyl (C=O) groups excluding carboxylic acids is 2. The van der Waals surface area contributed by atoms with Crippen LogP contribution in [-0.4, -0.2) is 95.3 Å². The van der Waals surface area contributed by atoms with Gasteiger partial charge in [-0.05, 0) is 25.5 Å². The van der Waals surface area contributed by atoms with E-state index in [4.69, 9.17) is 9.84 Å². The average Bonchev–Trinajstić information content (AvgIpc) is 3.42. The molecule has 5 rings (SSSR count). The topological polar surface area (TPSA) is 70.9 Å². The summed E-state index contributed by atoms with van der Waals surface area (Å²) in [5, 5.41) is 5.76. The molecule has 180 valence electrons. The number of hydrogen-bond acceptors (Lipinski definition) is 6. The zero-order valence-corrected chi connectivity index (χ0v) is 20.6. The van der Waals surface area contributed by atoms with Crippen LogP contribution in [0.3, 0.4) is 0 Å². The van der Waals surface area contributed by atoms with Gasteiger partial charge in [0.15, 0.2) is 0 Å². The Hall–Kier alpha value is -2.75. The molecule has 2 saturated heterocycles. The predicted octanol–water partition coefficient (Wildman–Crippen LogP) is 2.38. The van der Waals surface area contributed by atoms with Gasteiger partial charge < -0.3 is 14.5 Å². The van der Waals surface area contributed by atoms with Crippen molar-refractivity contribution < 1.29 is 14.3 Å². The van der Waals surface area contributed by atoms with Crippen molar-refractivity contribution in [1.82, 2.24) is 24.5 Å². The van der Waals surface area contributed by atoms with Gasteiger partial charge in [0.05, 0.1) is 36.9 Å².